The summed E-state index contributed by atoms with van der Waals surface area (Å²) >= 11 is 0. The molecule has 0 aliphatic heterocycles. The molecule has 14 heavy (non-hydrogen) atoms. The van der Waals surface area contributed by atoms with Crippen LogP contribution in [0.1, 0.15) is 0 Å². The second-order valence-corrected chi connectivity index (χ2v) is 2.70. The van der Waals surface area contributed by atoms with Gasteiger partial charge >= 0.3 is 0 Å². The summed E-state index contributed by atoms with van der Waals surface area (Å²) in [6.07, 6.45) is 0.894. The Labute approximate surface area is 79.3 Å². The van der Waals surface area contributed by atoms with Crippen LogP contribution in [0.2, 0.25) is 0 Å². The standard InChI is InChI=1S/C10H6F2N2/c11-8-6-13-9(10(12)14-8)7-4-2-1-3-5-7/h1-6H. The van der Waals surface area contributed by atoms with E-state index in [0.717, 1.165) is 6.20 Å². The summed E-state index contributed by atoms with van der Waals surface area (Å²) < 4.78 is 25.6. The number of benzene rings is 1. The second-order valence-electron chi connectivity index (χ2n) is 2.70. The fraction of sp³-hybridized carbons (Fsp3) is 0. The SMILES string of the molecule is Fc1cnc(-c2ccccc2)c(F)n1. The molecule has 0 radical (unpaired) electrons. The fourth-order valence-corrected chi connectivity index (χ4v) is 1.14. The lowest BCUT2D eigenvalue weighted by Gasteiger charge is -2.00. The van der Waals surface area contributed by atoms with Gasteiger partial charge in [-0.3, -0.25) is 0 Å². The molecule has 4 heteroatoms. The van der Waals surface area contributed by atoms with E-state index in [4.69, 9.17) is 0 Å². The predicted molar refractivity (Wildman–Crippen MR) is 47.4 cm³/mol. The minimum Gasteiger partial charge on any atom is -0.247 e. The third kappa shape index (κ3) is 1.59. The Morgan fingerprint density at radius 2 is 1.71 bits per heavy atom. The van der Waals surface area contributed by atoms with E-state index in [9.17, 15) is 8.78 Å². The van der Waals surface area contributed by atoms with Crippen LogP contribution in [0.3, 0.4) is 0 Å². The summed E-state index contributed by atoms with van der Waals surface area (Å²) in [6.45, 7) is 0. The van der Waals surface area contributed by atoms with Crippen molar-refractivity contribution >= 4 is 0 Å². The van der Waals surface area contributed by atoms with Crippen molar-refractivity contribution in [1.29, 1.82) is 0 Å². The number of halogens is 2. The van der Waals surface area contributed by atoms with E-state index in [1.165, 1.54) is 0 Å². The first-order valence-corrected chi connectivity index (χ1v) is 4.01. The van der Waals surface area contributed by atoms with Gasteiger partial charge in [-0.1, -0.05) is 30.3 Å². The zero-order chi connectivity index (χ0) is 9.97. The Bertz CT molecular complexity index is 443. The van der Waals surface area contributed by atoms with Gasteiger partial charge in [-0.25, -0.2) is 4.98 Å². The Morgan fingerprint density at radius 1 is 1.00 bits per heavy atom. The van der Waals surface area contributed by atoms with E-state index in [-0.39, 0.29) is 5.69 Å². The van der Waals surface area contributed by atoms with Crippen LogP contribution in [0, 0.1) is 11.9 Å². The van der Waals surface area contributed by atoms with Gasteiger partial charge in [-0.2, -0.15) is 13.8 Å². The molecule has 0 bridgehead atoms. The van der Waals surface area contributed by atoms with Gasteiger partial charge in [-0.05, 0) is 0 Å². The Balaban J connectivity index is 2.53. The minimum absolute atomic E-state index is 0.0620. The number of nitrogens with zero attached hydrogens (tertiary/aromatic N) is 2. The summed E-state index contributed by atoms with van der Waals surface area (Å²) in [5.41, 5.74) is 0.643. The molecule has 0 N–H and O–H groups in total. The molecular weight excluding hydrogens is 186 g/mol. The molecule has 2 rings (SSSR count). The third-order valence-electron chi connectivity index (χ3n) is 1.75. The highest BCUT2D eigenvalue weighted by Gasteiger charge is 2.08. The van der Waals surface area contributed by atoms with Gasteiger partial charge in [0, 0.05) is 5.56 Å². The molecule has 0 unspecified atom stereocenters. The van der Waals surface area contributed by atoms with Gasteiger partial charge in [-0.15, -0.1) is 0 Å². The van der Waals surface area contributed by atoms with Crippen molar-refractivity contribution in [3.05, 3.63) is 48.4 Å². The van der Waals surface area contributed by atoms with Crippen molar-refractivity contribution < 1.29 is 8.78 Å². The quantitative estimate of drug-likeness (QED) is 0.693. The van der Waals surface area contributed by atoms with Crippen molar-refractivity contribution in [3.63, 3.8) is 0 Å². The van der Waals surface area contributed by atoms with E-state index >= 15 is 0 Å². The van der Waals surface area contributed by atoms with Gasteiger partial charge in [0.1, 0.15) is 5.69 Å². The number of hydrogen-bond acceptors (Lipinski definition) is 2. The first kappa shape index (κ1) is 8.74. The number of aromatic nitrogens is 2. The molecule has 0 amide bonds. The first-order valence-electron chi connectivity index (χ1n) is 4.01. The Kier molecular flexibility index (Phi) is 2.18. The van der Waals surface area contributed by atoms with Gasteiger partial charge in [0.05, 0.1) is 6.20 Å². The minimum atomic E-state index is -0.915. The van der Waals surface area contributed by atoms with E-state index in [2.05, 4.69) is 9.97 Å². The number of rotatable bonds is 1. The average Bonchev–Trinajstić information content (AvgIpc) is 2.19. The molecule has 0 fully saturated rings. The zero-order valence-electron chi connectivity index (χ0n) is 7.11. The topological polar surface area (TPSA) is 25.8 Å². The molecular formula is C10H6F2N2. The van der Waals surface area contributed by atoms with Crippen molar-refractivity contribution in [2.75, 3.05) is 0 Å². The van der Waals surface area contributed by atoms with Crippen LogP contribution in [-0.4, -0.2) is 9.97 Å². The summed E-state index contributed by atoms with van der Waals surface area (Å²) in [6, 6.07) is 8.67. The Morgan fingerprint density at radius 3 is 2.36 bits per heavy atom. The van der Waals surface area contributed by atoms with E-state index in [1.807, 2.05) is 0 Å². The van der Waals surface area contributed by atoms with Crippen molar-refractivity contribution in [1.82, 2.24) is 9.97 Å². The summed E-state index contributed by atoms with van der Waals surface area (Å²) in [5.74, 6) is -1.81. The summed E-state index contributed by atoms with van der Waals surface area (Å²) in [4.78, 5) is 6.69. The molecule has 0 aliphatic carbocycles. The van der Waals surface area contributed by atoms with Gasteiger partial charge in [0.25, 0.3) is 0 Å². The molecule has 1 heterocycles. The Hall–Kier alpha value is -1.84. The van der Waals surface area contributed by atoms with Gasteiger partial charge in [0.15, 0.2) is 0 Å². The highest BCUT2D eigenvalue weighted by molar-refractivity contribution is 5.57. The van der Waals surface area contributed by atoms with Crippen LogP contribution in [-0.2, 0) is 0 Å². The normalized spacial score (nSPS) is 10.1. The third-order valence-corrected chi connectivity index (χ3v) is 1.75. The van der Waals surface area contributed by atoms with Crippen LogP contribution in [0.5, 0.6) is 0 Å². The molecule has 0 atom stereocenters. The second kappa shape index (κ2) is 3.49. The fourth-order valence-electron chi connectivity index (χ4n) is 1.14. The van der Waals surface area contributed by atoms with Crippen LogP contribution in [0.25, 0.3) is 11.3 Å². The lowest BCUT2D eigenvalue weighted by Crippen LogP contribution is -1.95. The molecule has 0 aliphatic rings. The largest absolute Gasteiger partial charge is 0.247 e. The van der Waals surface area contributed by atoms with E-state index < -0.39 is 11.9 Å². The first-order chi connectivity index (χ1) is 6.77. The molecule has 0 saturated heterocycles. The molecule has 0 saturated carbocycles. The lowest BCUT2D eigenvalue weighted by atomic mass is 10.2. The van der Waals surface area contributed by atoms with Crippen LogP contribution in [0.4, 0.5) is 8.78 Å². The number of hydrogen-bond donors (Lipinski definition) is 0. The molecule has 2 nitrogen and oxygen atoms in total. The van der Waals surface area contributed by atoms with E-state index in [1.54, 1.807) is 30.3 Å². The van der Waals surface area contributed by atoms with Crippen LogP contribution in [0.15, 0.2) is 36.5 Å². The lowest BCUT2D eigenvalue weighted by molar-refractivity contribution is 0.506. The summed E-state index contributed by atoms with van der Waals surface area (Å²) in [7, 11) is 0. The molecule has 1 aromatic carbocycles. The monoisotopic (exact) mass is 192 g/mol. The molecule has 0 spiro atoms. The highest BCUT2D eigenvalue weighted by Crippen LogP contribution is 2.17. The summed E-state index contributed by atoms with van der Waals surface area (Å²) in [5, 5.41) is 0. The van der Waals surface area contributed by atoms with Crippen molar-refractivity contribution in [3.8, 4) is 11.3 Å². The molecule has 70 valence electrons. The maximum Gasteiger partial charge on any atom is 0.242 e. The average molecular weight is 192 g/mol. The predicted octanol–water partition coefficient (Wildman–Crippen LogP) is 2.42. The maximum absolute atomic E-state index is 13.1. The van der Waals surface area contributed by atoms with Crippen LogP contribution >= 0.6 is 0 Å². The molecule has 1 aromatic heterocycles. The van der Waals surface area contributed by atoms with E-state index in [0.29, 0.717) is 5.56 Å². The smallest absolute Gasteiger partial charge is 0.242 e. The van der Waals surface area contributed by atoms with Crippen LogP contribution < -0.4 is 0 Å². The highest BCUT2D eigenvalue weighted by atomic mass is 19.1. The molecule has 2 aromatic rings. The zero-order valence-corrected chi connectivity index (χ0v) is 7.11. The van der Waals surface area contributed by atoms with Gasteiger partial charge < -0.3 is 0 Å². The van der Waals surface area contributed by atoms with Crippen molar-refractivity contribution in [2.45, 2.75) is 0 Å². The van der Waals surface area contributed by atoms with Gasteiger partial charge in [0.2, 0.25) is 11.9 Å². The van der Waals surface area contributed by atoms with Crippen molar-refractivity contribution in [2.24, 2.45) is 0 Å². The maximum atomic E-state index is 13.1.